The van der Waals surface area contributed by atoms with Gasteiger partial charge in [0.15, 0.2) is 0 Å². The smallest absolute Gasteiger partial charge is 0.291 e. The quantitative estimate of drug-likeness (QED) is 0.720. The molecular weight excluding hydrogens is 365 g/mol. The van der Waals surface area contributed by atoms with Crippen LogP contribution in [-0.4, -0.2) is 49.2 Å². The van der Waals surface area contributed by atoms with Crippen molar-refractivity contribution in [1.82, 2.24) is 29.6 Å². The van der Waals surface area contributed by atoms with Crippen LogP contribution >= 0.6 is 0 Å². The minimum atomic E-state index is -0.710. The lowest BCUT2D eigenvalue weighted by Gasteiger charge is -2.19. The second-order valence-corrected chi connectivity index (χ2v) is 6.49. The summed E-state index contributed by atoms with van der Waals surface area (Å²) in [6.07, 6.45) is 5.20. The van der Waals surface area contributed by atoms with Gasteiger partial charge in [0.2, 0.25) is 11.8 Å². The van der Waals surface area contributed by atoms with Gasteiger partial charge in [-0.1, -0.05) is 18.2 Å². The van der Waals surface area contributed by atoms with Crippen molar-refractivity contribution < 1.29 is 14.0 Å². The molecule has 0 unspecified atom stereocenters. The number of hydrogen-bond donors (Lipinski definition) is 1. The maximum Gasteiger partial charge on any atom is 0.291 e. The van der Waals surface area contributed by atoms with Gasteiger partial charge in [0, 0.05) is 31.5 Å². The van der Waals surface area contributed by atoms with Crippen LogP contribution in [-0.2, 0) is 17.9 Å². The number of amides is 2. The number of aryl methyl sites for hydroxylation is 1. The van der Waals surface area contributed by atoms with E-state index in [-0.39, 0.29) is 24.1 Å². The Labute approximate surface area is 159 Å². The van der Waals surface area contributed by atoms with E-state index in [4.69, 9.17) is 0 Å². The number of imidazole rings is 1. The summed E-state index contributed by atoms with van der Waals surface area (Å²) in [5, 5.41) is 6.78. The van der Waals surface area contributed by atoms with Crippen molar-refractivity contribution in [1.29, 1.82) is 0 Å². The largest absolute Gasteiger partial charge is 0.337 e. The lowest BCUT2D eigenvalue weighted by Crippen LogP contribution is -2.47. The summed E-state index contributed by atoms with van der Waals surface area (Å²) in [6, 6.07) is 5.62. The topological polar surface area (TPSA) is 97.9 Å². The van der Waals surface area contributed by atoms with E-state index in [1.54, 1.807) is 37.6 Å². The molecule has 2 amide bonds. The number of fused-ring (bicyclic) bond motifs is 1. The van der Waals surface area contributed by atoms with Gasteiger partial charge in [-0.3, -0.25) is 14.5 Å². The summed E-state index contributed by atoms with van der Waals surface area (Å²) in [5.41, 5.74) is 0.439. The van der Waals surface area contributed by atoms with E-state index >= 15 is 0 Å². The van der Waals surface area contributed by atoms with Gasteiger partial charge in [-0.2, -0.15) is 0 Å². The van der Waals surface area contributed by atoms with Crippen molar-refractivity contribution in [3.63, 3.8) is 0 Å². The third-order valence-electron chi connectivity index (χ3n) is 4.62. The SMILES string of the molecule is CN1C(=O)[C@H](NC(=O)c2ncn(Cc3ccccc3F)n2)CCn2ccnc21. The second kappa shape index (κ2) is 7.22. The average molecular weight is 383 g/mol. The van der Waals surface area contributed by atoms with Gasteiger partial charge in [0.05, 0.1) is 6.54 Å². The molecule has 4 rings (SSSR count). The van der Waals surface area contributed by atoms with E-state index in [0.29, 0.717) is 24.5 Å². The molecule has 1 aromatic carbocycles. The fraction of sp³-hybridized carbons (Fsp3) is 0.278. The minimum absolute atomic E-state index is 0.0752. The van der Waals surface area contributed by atoms with Crippen molar-refractivity contribution in [2.24, 2.45) is 0 Å². The maximum atomic E-state index is 13.8. The van der Waals surface area contributed by atoms with Crippen molar-refractivity contribution in [2.75, 3.05) is 11.9 Å². The van der Waals surface area contributed by atoms with Gasteiger partial charge in [-0.15, -0.1) is 5.10 Å². The molecule has 0 spiro atoms. The van der Waals surface area contributed by atoms with E-state index in [0.717, 1.165) is 0 Å². The number of carbonyl (C=O) groups is 2. The molecule has 0 aliphatic carbocycles. The number of nitrogens with zero attached hydrogens (tertiary/aromatic N) is 6. The highest BCUT2D eigenvalue weighted by atomic mass is 19.1. The lowest BCUT2D eigenvalue weighted by atomic mass is 10.2. The van der Waals surface area contributed by atoms with Gasteiger partial charge in [-0.25, -0.2) is 19.0 Å². The van der Waals surface area contributed by atoms with E-state index in [1.807, 2.05) is 4.57 Å². The zero-order valence-corrected chi connectivity index (χ0v) is 15.1. The molecule has 3 heterocycles. The van der Waals surface area contributed by atoms with E-state index < -0.39 is 11.9 Å². The molecule has 2 aromatic heterocycles. The molecule has 144 valence electrons. The van der Waals surface area contributed by atoms with Crippen LogP contribution in [0.1, 0.15) is 22.6 Å². The Kier molecular flexibility index (Phi) is 4.60. The zero-order valence-electron chi connectivity index (χ0n) is 15.1. The van der Waals surface area contributed by atoms with Crippen molar-refractivity contribution in [3.05, 3.63) is 60.2 Å². The van der Waals surface area contributed by atoms with Crippen LogP contribution in [0.15, 0.2) is 43.0 Å². The van der Waals surface area contributed by atoms with Crippen LogP contribution in [0.4, 0.5) is 10.3 Å². The van der Waals surface area contributed by atoms with E-state index in [9.17, 15) is 14.0 Å². The normalized spacial score (nSPS) is 16.6. The van der Waals surface area contributed by atoms with Crippen molar-refractivity contribution in [2.45, 2.75) is 25.6 Å². The first-order valence-corrected chi connectivity index (χ1v) is 8.75. The number of nitrogens with one attached hydrogen (secondary N) is 1. The zero-order chi connectivity index (χ0) is 19.7. The monoisotopic (exact) mass is 383 g/mol. The van der Waals surface area contributed by atoms with Gasteiger partial charge >= 0.3 is 0 Å². The van der Waals surface area contributed by atoms with Crippen LogP contribution < -0.4 is 10.2 Å². The summed E-state index contributed by atoms with van der Waals surface area (Å²) in [5.74, 6) is -0.709. The van der Waals surface area contributed by atoms with Crippen LogP contribution in [0, 0.1) is 5.82 Å². The lowest BCUT2D eigenvalue weighted by molar-refractivity contribution is -0.120. The van der Waals surface area contributed by atoms with E-state index in [1.165, 1.54) is 22.0 Å². The van der Waals surface area contributed by atoms with Crippen LogP contribution in [0.2, 0.25) is 0 Å². The molecule has 10 heteroatoms. The Morgan fingerprint density at radius 3 is 2.96 bits per heavy atom. The number of likely N-dealkylation sites (N-methyl/N-ethyl adjacent to an activating group) is 1. The van der Waals surface area contributed by atoms with Crippen LogP contribution in [0.3, 0.4) is 0 Å². The Morgan fingerprint density at radius 2 is 2.14 bits per heavy atom. The molecule has 0 saturated carbocycles. The first kappa shape index (κ1) is 17.8. The van der Waals surface area contributed by atoms with Crippen molar-refractivity contribution in [3.8, 4) is 0 Å². The summed E-state index contributed by atoms with van der Waals surface area (Å²) >= 11 is 0. The molecule has 0 bridgehead atoms. The molecule has 28 heavy (non-hydrogen) atoms. The number of halogens is 1. The van der Waals surface area contributed by atoms with Gasteiger partial charge in [-0.05, 0) is 12.5 Å². The molecule has 1 aliphatic heterocycles. The molecule has 0 fully saturated rings. The highest BCUT2D eigenvalue weighted by molar-refractivity contribution is 6.00. The van der Waals surface area contributed by atoms with Crippen LogP contribution in [0.25, 0.3) is 0 Å². The van der Waals surface area contributed by atoms with Gasteiger partial charge in [0.25, 0.3) is 11.8 Å². The maximum absolute atomic E-state index is 13.8. The predicted octanol–water partition coefficient (Wildman–Crippen LogP) is 0.827. The molecule has 1 N–H and O–H groups in total. The number of aromatic nitrogens is 5. The summed E-state index contributed by atoms with van der Waals surface area (Å²) < 4.78 is 17.0. The third kappa shape index (κ3) is 3.36. The Morgan fingerprint density at radius 1 is 1.32 bits per heavy atom. The van der Waals surface area contributed by atoms with E-state index in [2.05, 4.69) is 20.4 Å². The highest BCUT2D eigenvalue weighted by Crippen LogP contribution is 2.17. The predicted molar refractivity (Wildman–Crippen MR) is 97.0 cm³/mol. The second-order valence-electron chi connectivity index (χ2n) is 6.49. The molecule has 3 aromatic rings. The Balaban J connectivity index is 1.44. The number of rotatable bonds is 4. The molecule has 0 radical (unpaired) electrons. The molecule has 1 aliphatic rings. The summed E-state index contributed by atoms with van der Waals surface area (Å²) in [6.45, 7) is 0.699. The molecular formula is C18H18FN7O2. The molecule has 0 saturated heterocycles. The number of carbonyl (C=O) groups excluding carboxylic acids is 2. The summed E-state index contributed by atoms with van der Waals surface area (Å²) in [7, 11) is 1.62. The summed E-state index contributed by atoms with van der Waals surface area (Å²) in [4.78, 5) is 34.7. The number of anilines is 1. The standard InChI is InChI=1S/C18H18FN7O2/c1-24-17(28)14(6-8-25-9-7-20-18(24)25)22-16(27)15-21-11-26(23-15)10-12-4-2-3-5-13(12)19/h2-5,7,9,11,14H,6,8,10H2,1H3,(H,22,27)/t14-/m1/s1. The molecule has 9 nitrogen and oxygen atoms in total. The first-order valence-electron chi connectivity index (χ1n) is 8.75. The highest BCUT2D eigenvalue weighted by Gasteiger charge is 2.30. The van der Waals surface area contributed by atoms with Crippen LogP contribution in [0.5, 0.6) is 0 Å². The fourth-order valence-corrected chi connectivity index (χ4v) is 3.13. The minimum Gasteiger partial charge on any atom is -0.337 e. The van der Waals surface area contributed by atoms with Crippen molar-refractivity contribution >= 4 is 17.8 Å². The van der Waals surface area contributed by atoms with Gasteiger partial charge < -0.3 is 9.88 Å². The average Bonchev–Trinajstić information content (AvgIpc) is 3.33. The number of benzene rings is 1. The fourth-order valence-electron chi connectivity index (χ4n) is 3.13. The molecule has 1 atom stereocenters. The Hall–Kier alpha value is -3.56. The third-order valence-corrected chi connectivity index (χ3v) is 4.62. The first-order chi connectivity index (χ1) is 13.5. The Bertz CT molecular complexity index is 1030. The number of hydrogen-bond acceptors (Lipinski definition) is 5. The van der Waals surface area contributed by atoms with Gasteiger partial charge in [0.1, 0.15) is 18.2 Å².